The molecule has 0 fully saturated rings. The number of carboxylic acid groups (broad SMARTS) is 1. The van der Waals surface area contributed by atoms with Crippen molar-refractivity contribution in [3.63, 3.8) is 0 Å². The number of halogens is 1. The highest BCUT2D eigenvalue weighted by Gasteiger charge is 2.16. The number of thioether (sulfide) groups is 1. The fraction of sp³-hybridized carbons (Fsp3) is 0. The number of rotatable bonds is 7. The zero-order valence-corrected chi connectivity index (χ0v) is 19.0. The first-order chi connectivity index (χ1) is 16.0. The second kappa shape index (κ2) is 9.18. The minimum Gasteiger partial charge on any atom is -0.477 e. The van der Waals surface area contributed by atoms with E-state index < -0.39 is 5.97 Å². The van der Waals surface area contributed by atoms with E-state index in [-0.39, 0.29) is 10.1 Å². The van der Waals surface area contributed by atoms with Crippen molar-refractivity contribution in [2.24, 2.45) is 0 Å². The largest absolute Gasteiger partial charge is 0.477 e. The predicted molar refractivity (Wildman–Crippen MR) is 127 cm³/mol. The minimum absolute atomic E-state index is 0.0197. The molecule has 11 heteroatoms. The number of nitrogens with zero attached hydrogens (tertiary/aromatic N) is 3. The number of hydrogen-bond acceptors (Lipinski definition) is 7. The van der Waals surface area contributed by atoms with Gasteiger partial charge in [-0.25, -0.2) is 14.8 Å². The molecule has 0 amide bonds. The van der Waals surface area contributed by atoms with Crippen LogP contribution < -0.4 is 0 Å². The Morgan fingerprint density at radius 3 is 2.67 bits per heavy atom. The Hall–Kier alpha value is -3.47. The number of fused-ring (bicyclic) bond motifs is 1. The summed E-state index contributed by atoms with van der Waals surface area (Å²) in [5.74, 6) is -0.200. The lowest BCUT2D eigenvalue weighted by atomic mass is 10.2. The third-order valence-corrected chi connectivity index (χ3v) is 6.37. The van der Waals surface area contributed by atoms with E-state index in [1.54, 1.807) is 36.4 Å². The van der Waals surface area contributed by atoms with E-state index in [2.05, 4.69) is 25.1 Å². The summed E-state index contributed by atoms with van der Waals surface area (Å²) in [5, 5.41) is 18.7. The Morgan fingerprint density at radius 1 is 1.06 bits per heavy atom. The van der Waals surface area contributed by atoms with Gasteiger partial charge in [0.05, 0.1) is 11.0 Å². The molecule has 5 rings (SSSR count). The third kappa shape index (κ3) is 4.98. The first-order valence-electron chi connectivity index (χ1n) is 9.57. The van der Waals surface area contributed by atoms with Crippen molar-refractivity contribution in [2.45, 2.75) is 15.4 Å². The average molecular weight is 496 g/mol. The van der Waals surface area contributed by atoms with Gasteiger partial charge in [0, 0.05) is 16.7 Å². The molecule has 0 unspecified atom stereocenters. The van der Waals surface area contributed by atoms with Crippen LogP contribution in [0.15, 0.2) is 85.4 Å². The van der Waals surface area contributed by atoms with Crippen molar-refractivity contribution in [2.75, 3.05) is 0 Å². The second-order valence-electron chi connectivity index (χ2n) is 6.71. The van der Waals surface area contributed by atoms with Crippen LogP contribution in [0, 0.1) is 0 Å². The number of benzene rings is 2. The van der Waals surface area contributed by atoms with Crippen LogP contribution in [0.1, 0.15) is 5.76 Å². The number of aromatic amines is 2. The summed E-state index contributed by atoms with van der Waals surface area (Å²) in [5.41, 5.74) is 2.58. The van der Waals surface area contributed by atoms with Gasteiger partial charge >= 0.3 is 5.97 Å². The molecule has 0 aliphatic heterocycles. The monoisotopic (exact) mass is 495 g/mol. The van der Waals surface area contributed by atoms with Gasteiger partial charge in [0.1, 0.15) is 10.7 Å². The van der Waals surface area contributed by atoms with Crippen LogP contribution in [-0.2, 0) is 4.79 Å². The number of H-pyrrole nitrogens is 2. The van der Waals surface area contributed by atoms with E-state index in [0.717, 1.165) is 28.4 Å². The Kier molecular flexibility index (Phi) is 5.95. The summed E-state index contributed by atoms with van der Waals surface area (Å²) < 4.78 is 5.78. The topological polar surface area (TPSA) is 121 Å². The van der Waals surface area contributed by atoms with Crippen molar-refractivity contribution in [1.82, 2.24) is 25.1 Å². The summed E-state index contributed by atoms with van der Waals surface area (Å²) in [6, 6.07) is 18.3. The number of aliphatic carboxylic acids is 1. The molecule has 5 aromatic rings. The molecule has 0 saturated carbocycles. The molecule has 8 nitrogen and oxygen atoms in total. The Balaban J connectivity index is 1.32. The van der Waals surface area contributed by atoms with Gasteiger partial charge in [0.2, 0.25) is 5.16 Å². The van der Waals surface area contributed by atoms with Gasteiger partial charge in [-0.3, -0.25) is 5.10 Å². The number of para-hydroxylation sites is 2. The lowest BCUT2D eigenvalue weighted by molar-refractivity contribution is -0.131. The Bertz CT molecular complexity index is 1440. The van der Waals surface area contributed by atoms with E-state index in [1.807, 2.05) is 24.3 Å². The highest BCUT2D eigenvalue weighted by atomic mass is 35.5. The number of carboxylic acids is 1. The zero-order chi connectivity index (χ0) is 22.8. The van der Waals surface area contributed by atoms with Crippen molar-refractivity contribution in [1.29, 1.82) is 0 Å². The number of imidazole rings is 1. The SMILES string of the molecule is O=C(O)/C(=C/c1ccc(Sc2nc3ccccc3[nH]2)o1)Sc1n[nH]c(-c2ccc(Cl)cc2)n1. The minimum atomic E-state index is -1.11. The molecule has 33 heavy (non-hydrogen) atoms. The molecule has 0 aliphatic carbocycles. The van der Waals surface area contributed by atoms with Crippen molar-refractivity contribution < 1.29 is 14.3 Å². The summed E-state index contributed by atoms with van der Waals surface area (Å²) in [7, 11) is 0. The molecule has 0 saturated heterocycles. The smallest absolute Gasteiger partial charge is 0.342 e. The molecule has 3 aromatic heterocycles. The molecule has 3 N–H and O–H groups in total. The van der Waals surface area contributed by atoms with Crippen LogP contribution in [0.2, 0.25) is 5.02 Å². The molecule has 0 bridgehead atoms. The second-order valence-corrected chi connectivity index (χ2v) is 9.15. The summed E-state index contributed by atoms with van der Waals surface area (Å²) >= 11 is 8.15. The van der Waals surface area contributed by atoms with Crippen LogP contribution in [0.25, 0.3) is 28.5 Å². The molecule has 2 aromatic carbocycles. The summed E-state index contributed by atoms with van der Waals surface area (Å²) in [6.45, 7) is 0. The van der Waals surface area contributed by atoms with E-state index in [4.69, 9.17) is 16.0 Å². The van der Waals surface area contributed by atoms with Gasteiger partial charge in [-0.2, -0.15) is 0 Å². The summed E-state index contributed by atoms with van der Waals surface area (Å²) in [4.78, 5) is 23.9. The van der Waals surface area contributed by atoms with Crippen LogP contribution >= 0.6 is 35.1 Å². The molecule has 0 spiro atoms. The van der Waals surface area contributed by atoms with Gasteiger partial charge in [-0.05, 0) is 72.1 Å². The number of nitrogens with one attached hydrogen (secondary N) is 2. The number of furan rings is 1. The molecule has 0 atom stereocenters. The first kappa shape index (κ1) is 21.4. The van der Waals surface area contributed by atoms with Gasteiger partial charge in [0.25, 0.3) is 0 Å². The van der Waals surface area contributed by atoms with Crippen LogP contribution in [0.3, 0.4) is 0 Å². The highest BCUT2D eigenvalue weighted by molar-refractivity contribution is 8.04. The molecule has 0 radical (unpaired) electrons. The zero-order valence-electron chi connectivity index (χ0n) is 16.7. The molecule has 0 aliphatic rings. The van der Waals surface area contributed by atoms with Gasteiger partial charge < -0.3 is 14.5 Å². The lowest BCUT2D eigenvalue weighted by Gasteiger charge is -1.98. The van der Waals surface area contributed by atoms with Crippen molar-refractivity contribution >= 4 is 58.2 Å². The maximum atomic E-state index is 11.8. The number of hydrogen-bond donors (Lipinski definition) is 3. The average Bonchev–Trinajstić information content (AvgIpc) is 3.54. The fourth-order valence-corrected chi connectivity index (χ4v) is 4.51. The highest BCUT2D eigenvalue weighted by Crippen LogP contribution is 2.32. The van der Waals surface area contributed by atoms with Crippen LogP contribution in [0.4, 0.5) is 0 Å². The van der Waals surface area contributed by atoms with Crippen LogP contribution in [-0.4, -0.2) is 36.2 Å². The molecule has 164 valence electrons. The van der Waals surface area contributed by atoms with E-state index in [1.165, 1.54) is 17.8 Å². The number of carbonyl (C=O) groups is 1. The maximum Gasteiger partial charge on any atom is 0.342 e. The standard InChI is InChI=1S/C22H14ClN5O3S2/c23-13-7-5-12(6-8-13)19-26-22(28-27-19)32-17(20(29)30)11-14-9-10-18(31-14)33-21-24-15-3-1-2-4-16(15)25-21/h1-11H,(H,24,25)(H,29,30)(H,26,27,28)/b17-11-. The maximum absolute atomic E-state index is 11.8. The van der Waals surface area contributed by atoms with Crippen LogP contribution in [0.5, 0.6) is 0 Å². The Labute approximate surface area is 200 Å². The van der Waals surface area contributed by atoms with Crippen molar-refractivity contribution in [3.8, 4) is 11.4 Å². The fourth-order valence-electron chi connectivity index (χ4n) is 2.93. The molecular formula is C22H14ClN5O3S2. The van der Waals surface area contributed by atoms with Crippen molar-refractivity contribution in [3.05, 3.63) is 76.4 Å². The third-order valence-electron chi connectivity index (χ3n) is 4.43. The number of aromatic nitrogens is 5. The van der Waals surface area contributed by atoms with Gasteiger partial charge in [-0.15, -0.1) is 5.10 Å². The first-order valence-corrected chi connectivity index (χ1v) is 11.6. The Morgan fingerprint density at radius 2 is 1.88 bits per heavy atom. The molecular weight excluding hydrogens is 482 g/mol. The quantitative estimate of drug-likeness (QED) is 0.187. The van der Waals surface area contributed by atoms with Gasteiger partial charge in [-0.1, -0.05) is 23.7 Å². The normalized spacial score (nSPS) is 11.8. The predicted octanol–water partition coefficient (Wildman–Crippen LogP) is 5.96. The van der Waals surface area contributed by atoms with Gasteiger partial charge in [0.15, 0.2) is 16.1 Å². The molecule has 3 heterocycles. The van der Waals surface area contributed by atoms with E-state index >= 15 is 0 Å². The van der Waals surface area contributed by atoms with E-state index in [0.29, 0.717) is 26.9 Å². The van der Waals surface area contributed by atoms with E-state index in [9.17, 15) is 9.90 Å². The lowest BCUT2D eigenvalue weighted by Crippen LogP contribution is -1.97. The summed E-state index contributed by atoms with van der Waals surface area (Å²) in [6.07, 6.45) is 1.44.